The van der Waals surface area contributed by atoms with Crippen molar-refractivity contribution in [2.75, 3.05) is 0 Å². The number of phenolic OH excluding ortho intramolecular Hbond substituents is 1. The van der Waals surface area contributed by atoms with Gasteiger partial charge in [0.25, 0.3) is 0 Å². The van der Waals surface area contributed by atoms with Crippen LogP contribution < -0.4 is 0 Å². The molecule has 0 radical (unpaired) electrons. The molecule has 1 aromatic carbocycles. The molecule has 0 unspecified atom stereocenters. The highest BCUT2D eigenvalue weighted by molar-refractivity contribution is 6.32. The molecule has 0 fully saturated rings. The Bertz CT molecular complexity index is 399. The van der Waals surface area contributed by atoms with Gasteiger partial charge in [-0.1, -0.05) is 31.5 Å². The van der Waals surface area contributed by atoms with Gasteiger partial charge in [0, 0.05) is 6.42 Å². The average molecular weight is 243 g/mol. The molecule has 1 rings (SSSR count). The highest BCUT2D eigenvalue weighted by Crippen LogP contribution is 2.32. The summed E-state index contributed by atoms with van der Waals surface area (Å²) < 4.78 is 0. The molecule has 88 valence electrons. The molecule has 0 atom stereocenters. The van der Waals surface area contributed by atoms with Crippen molar-refractivity contribution in [3.63, 3.8) is 0 Å². The standard InChI is InChI=1S/C12H15ClO3/c1-7(2)9-5-8(3-4-11(14)15)12(16)10(13)6-9/h5-7,16H,3-4H2,1-2H3,(H,14,15). The molecule has 1 aromatic rings. The Balaban J connectivity index is 3.01. The quantitative estimate of drug-likeness (QED) is 0.853. The van der Waals surface area contributed by atoms with Crippen molar-refractivity contribution in [2.24, 2.45) is 0 Å². The molecule has 0 heterocycles. The summed E-state index contributed by atoms with van der Waals surface area (Å²) in [6.45, 7) is 4.04. The summed E-state index contributed by atoms with van der Waals surface area (Å²) in [6.07, 6.45) is 0.285. The Kier molecular flexibility index (Phi) is 4.19. The zero-order chi connectivity index (χ0) is 12.3. The van der Waals surface area contributed by atoms with Gasteiger partial charge in [0.2, 0.25) is 0 Å². The minimum absolute atomic E-state index is 0.00711. The van der Waals surface area contributed by atoms with Crippen LogP contribution in [0.2, 0.25) is 5.02 Å². The normalized spacial score (nSPS) is 10.8. The van der Waals surface area contributed by atoms with E-state index in [1.165, 1.54) is 0 Å². The summed E-state index contributed by atoms with van der Waals surface area (Å²) in [5.41, 5.74) is 1.60. The van der Waals surface area contributed by atoms with Gasteiger partial charge < -0.3 is 10.2 Å². The van der Waals surface area contributed by atoms with Crippen LogP contribution in [0.1, 0.15) is 37.3 Å². The monoisotopic (exact) mass is 242 g/mol. The third kappa shape index (κ3) is 3.14. The highest BCUT2D eigenvalue weighted by Gasteiger charge is 2.11. The van der Waals surface area contributed by atoms with Gasteiger partial charge in [0.05, 0.1) is 5.02 Å². The number of aryl methyl sites for hydroxylation is 1. The molecule has 0 aliphatic carbocycles. The first kappa shape index (κ1) is 12.8. The van der Waals surface area contributed by atoms with E-state index in [1.54, 1.807) is 6.07 Å². The molecule has 0 aromatic heterocycles. The predicted molar refractivity (Wildman–Crippen MR) is 63.2 cm³/mol. The Hall–Kier alpha value is -1.22. The Morgan fingerprint density at radius 1 is 1.44 bits per heavy atom. The first-order valence-corrected chi connectivity index (χ1v) is 5.52. The van der Waals surface area contributed by atoms with Crippen LogP contribution in [0, 0.1) is 0 Å². The summed E-state index contributed by atoms with van der Waals surface area (Å²) in [5.74, 6) is -0.598. The van der Waals surface area contributed by atoms with Crippen LogP contribution in [-0.2, 0) is 11.2 Å². The number of aromatic hydroxyl groups is 1. The molecular formula is C12H15ClO3. The highest BCUT2D eigenvalue weighted by atomic mass is 35.5. The molecule has 2 N–H and O–H groups in total. The van der Waals surface area contributed by atoms with Crippen LogP contribution in [0.4, 0.5) is 0 Å². The van der Waals surface area contributed by atoms with Gasteiger partial charge in [-0.2, -0.15) is 0 Å². The van der Waals surface area contributed by atoms with E-state index < -0.39 is 5.97 Å². The second kappa shape index (κ2) is 5.21. The van der Waals surface area contributed by atoms with Crippen molar-refractivity contribution in [3.05, 3.63) is 28.3 Å². The van der Waals surface area contributed by atoms with Crippen molar-refractivity contribution < 1.29 is 15.0 Å². The predicted octanol–water partition coefficient (Wildman–Crippen LogP) is 3.19. The Morgan fingerprint density at radius 3 is 2.56 bits per heavy atom. The third-order valence-electron chi connectivity index (χ3n) is 2.44. The molecule has 3 nitrogen and oxygen atoms in total. The van der Waals surface area contributed by atoms with Gasteiger partial charge in [0.1, 0.15) is 5.75 Å². The fourth-order valence-electron chi connectivity index (χ4n) is 1.44. The number of carbonyl (C=O) groups is 1. The first-order valence-electron chi connectivity index (χ1n) is 5.15. The van der Waals surface area contributed by atoms with Gasteiger partial charge in [-0.05, 0) is 29.5 Å². The molecule has 0 spiro atoms. The number of halogens is 1. The van der Waals surface area contributed by atoms with Crippen molar-refractivity contribution in [1.29, 1.82) is 0 Å². The van der Waals surface area contributed by atoms with Crippen molar-refractivity contribution >= 4 is 17.6 Å². The van der Waals surface area contributed by atoms with Crippen molar-refractivity contribution in [1.82, 2.24) is 0 Å². The number of carboxylic acid groups (broad SMARTS) is 1. The smallest absolute Gasteiger partial charge is 0.303 e. The number of hydrogen-bond donors (Lipinski definition) is 2. The van der Waals surface area contributed by atoms with Gasteiger partial charge >= 0.3 is 5.97 Å². The van der Waals surface area contributed by atoms with Crippen LogP contribution >= 0.6 is 11.6 Å². The van der Waals surface area contributed by atoms with Crippen molar-refractivity contribution in [2.45, 2.75) is 32.6 Å². The number of rotatable bonds is 4. The maximum Gasteiger partial charge on any atom is 0.303 e. The number of aliphatic carboxylic acids is 1. The SMILES string of the molecule is CC(C)c1cc(Cl)c(O)c(CCC(=O)O)c1. The van der Waals surface area contributed by atoms with Crippen LogP contribution in [-0.4, -0.2) is 16.2 Å². The summed E-state index contributed by atoms with van der Waals surface area (Å²) in [5, 5.41) is 18.6. The van der Waals surface area contributed by atoms with Gasteiger partial charge in [-0.3, -0.25) is 4.79 Å². The number of benzene rings is 1. The minimum atomic E-state index is -0.884. The van der Waals surface area contributed by atoms with Gasteiger partial charge in [-0.15, -0.1) is 0 Å². The molecule has 0 aliphatic rings. The third-order valence-corrected chi connectivity index (χ3v) is 2.73. The van der Waals surface area contributed by atoms with E-state index in [0.29, 0.717) is 17.9 Å². The topological polar surface area (TPSA) is 57.5 Å². The molecule has 16 heavy (non-hydrogen) atoms. The lowest BCUT2D eigenvalue weighted by atomic mass is 9.98. The molecule has 0 bridgehead atoms. The number of carboxylic acids is 1. The summed E-state index contributed by atoms with van der Waals surface area (Å²) in [7, 11) is 0. The summed E-state index contributed by atoms with van der Waals surface area (Å²) in [4.78, 5) is 10.5. The second-order valence-electron chi connectivity index (χ2n) is 4.06. The van der Waals surface area contributed by atoms with E-state index in [9.17, 15) is 9.90 Å². The molecule has 0 saturated heterocycles. The van der Waals surface area contributed by atoms with Crippen LogP contribution in [0.25, 0.3) is 0 Å². The molecule has 0 aliphatic heterocycles. The first-order chi connectivity index (χ1) is 7.41. The second-order valence-corrected chi connectivity index (χ2v) is 4.47. The van der Waals surface area contributed by atoms with E-state index in [1.807, 2.05) is 19.9 Å². The fraction of sp³-hybridized carbons (Fsp3) is 0.417. The van der Waals surface area contributed by atoms with Gasteiger partial charge in [0.15, 0.2) is 0 Å². The molecule has 4 heteroatoms. The van der Waals surface area contributed by atoms with E-state index in [-0.39, 0.29) is 17.2 Å². The Labute approximate surface area is 99.7 Å². The molecule has 0 amide bonds. The maximum atomic E-state index is 10.5. The fourth-order valence-corrected chi connectivity index (χ4v) is 1.69. The van der Waals surface area contributed by atoms with Crippen LogP contribution in [0.15, 0.2) is 12.1 Å². The molecule has 0 saturated carbocycles. The maximum absolute atomic E-state index is 10.5. The largest absolute Gasteiger partial charge is 0.506 e. The molecular weight excluding hydrogens is 228 g/mol. The number of phenols is 1. The average Bonchev–Trinajstić information content (AvgIpc) is 2.19. The lowest BCUT2D eigenvalue weighted by Gasteiger charge is -2.11. The van der Waals surface area contributed by atoms with E-state index in [0.717, 1.165) is 5.56 Å². The Morgan fingerprint density at radius 2 is 2.06 bits per heavy atom. The van der Waals surface area contributed by atoms with E-state index in [4.69, 9.17) is 16.7 Å². The summed E-state index contributed by atoms with van der Waals surface area (Å²) >= 11 is 5.88. The lowest BCUT2D eigenvalue weighted by Crippen LogP contribution is -1.99. The zero-order valence-electron chi connectivity index (χ0n) is 9.33. The zero-order valence-corrected chi connectivity index (χ0v) is 10.1. The van der Waals surface area contributed by atoms with E-state index >= 15 is 0 Å². The summed E-state index contributed by atoms with van der Waals surface area (Å²) in [6, 6.07) is 3.53. The van der Waals surface area contributed by atoms with E-state index in [2.05, 4.69) is 0 Å². The van der Waals surface area contributed by atoms with Gasteiger partial charge in [-0.25, -0.2) is 0 Å². The van der Waals surface area contributed by atoms with Crippen molar-refractivity contribution in [3.8, 4) is 5.75 Å². The van der Waals surface area contributed by atoms with Crippen LogP contribution in [0.3, 0.4) is 0 Å². The van der Waals surface area contributed by atoms with Crippen LogP contribution in [0.5, 0.6) is 5.75 Å². The lowest BCUT2D eigenvalue weighted by molar-refractivity contribution is -0.136. The minimum Gasteiger partial charge on any atom is -0.506 e. The number of hydrogen-bond acceptors (Lipinski definition) is 2.